The van der Waals surface area contributed by atoms with Crippen LogP contribution in [0.2, 0.25) is 0 Å². The molecule has 0 saturated heterocycles. The molecule has 0 radical (unpaired) electrons. The molecule has 3 N–H and O–H groups in total. The van der Waals surface area contributed by atoms with E-state index in [4.69, 9.17) is 10.5 Å². The Morgan fingerprint density at radius 2 is 2.10 bits per heavy atom. The highest BCUT2D eigenvalue weighted by molar-refractivity contribution is 5.85. The molecule has 10 heteroatoms. The van der Waals surface area contributed by atoms with Gasteiger partial charge < -0.3 is 15.8 Å². The van der Waals surface area contributed by atoms with Crippen molar-refractivity contribution in [3.05, 3.63) is 41.5 Å². The second kappa shape index (κ2) is 10.8. The van der Waals surface area contributed by atoms with Gasteiger partial charge in [0.25, 0.3) is 0 Å². The topological polar surface area (TPSA) is 95.1 Å². The van der Waals surface area contributed by atoms with Gasteiger partial charge in [0.2, 0.25) is 5.91 Å². The lowest BCUT2D eigenvalue weighted by Gasteiger charge is -2.33. The third-order valence-corrected chi connectivity index (χ3v) is 5.16. The number of nitrogens with two attached hydrogens (primary N) is 1. The second-order valence-electron chi connectivity index (χ2n) is 7.33. The summed E-state index contributed by atoms with van der Waals surface area (Å²) in [6.45, 7) is 2.72. The van der Waals surface area contributed by atoms with Crippen molar-refractivity contribution in [2.45, 2.75) is 57.1 Å². The first kappa shape index (κ1) is 24.2. The van der Waals surface area contributed by atoms with Crippen molar-refractivity contribution in [3.8, 4) is 5.69 Å². The molecular weight excluding hydrogens is 416 g/mol. The monoisotopic (exact) mass is 443 g/mol. The van der Waals surface area contributed by atoms with Crippen LogP contribution in [-0.2, 0) is 16.0 Å². The number of amides is 1. The van der Waals surface area contributed by atoms with E-state index < -0.39 is 11.6 Å². The molecule has 1 saturated carbocycles. The van der Waals surface area contributed by atoms with Crippen LogP contribution in [0.3, 0.4) is 0 Å². The van der Waals surface area contributed by atoms with Crippen LogP contribution in [0.15, 0.2) is 18.2 Å². The number of hydrogen-bond acceptors (Lipinski definition) is 5. The molecule has 1 aliphatic rings. The Morgan fingerprint density at radius 1 is 1.33 bits per heavy atom. The number of hydrogen-bond donors (Lipinski definition) is 2. The van der Waals surface area contributed by atoms with Crippen molar-refractivity contribution in [3.63, 3.8) is 0 Å². The van der Waals surface area contributed by atoms with Crippen LogP contribution < -0.4 is 11.1 Å². The quantitative estimate of drug-likeness (QED) is 0.686. The number of carbonyl (C=O) groups excluding carboxylic acids is 1. The number of benzene rings is 1. The zero-order valence-corrected chi connectivity index (χ0v) is 17.9. The summed E-state index contributed by atoms with van der Waals surface area (Å²) in [7, 11) is 1.53. The van der Waals surface area contributed by atoms with Crippen molar-refractivity contribution in [1.82, 2.24) is 20.1 Å². The minimum Gasteiger partial charge on any atom is -0.377 e. The molecule has 1 amide bonds. The highest BCUT2D eigenvalue weighted by Gasteiger charge is 2.33. The van der Waals surface area contributed by atoms with Crippen molar-refractivity contribution < 1.29 is 18.3 Å². The fourth-order valence-electron chi connectivity index (χ4n) is 3.63. The van der Waals surface area contributed by atoms with Gasteiger partial charge in [-0.1, -0.05) is 6.92 Å². The van der Waals surface area contributed by atoms with E-state index in [0.717, 1.165) is 31.4 Å². The Labute approximate surface area is 180 Å². The molecular formula is C20H28ClF2N5O2. The predicted octanol–water partition coefficient (Wildman–Crippen LogP) is 2.65. The lowest BCUT2D eigenvalue weighted by atomic mass is 9.83. The van der Waals surface area contributed by atoms with Crippen molar-refractivity contribution >= 4 is 18.3 Å². The molecule has 1 aromatic heterocycles. The number of likely N-dealkylation sites (N-methyl/N-ethyl adjacent to an activating group) is 1. The zero-order chi connectivity index (χ0) is 21.0. The average Bonchev–Trinajstić information content (AvgIpc) is 3.12. The van der Waals surface area contributed by atoms with Crippen LogP contribution in [0.5, 0.6) is 0 Å². The van der Waals surface area contributed by atoms with Crippen LogP contribution in [0, 0.1) is 11.6 Å². The maximum Gasteiger partial charge on any atom is 0.227 e. The minimum atomic E-state index is -0.967. The van der Waals surface area contributed by atoms with Gasteiger partial charge in [0.15, 0.2) is 17.5 Å². The average molecular weight is 444 g/mol. The van der Waals surface area contributed by atoms with Gasteiger partial charge >= 0.3 is 0 Å². The van der Waals surface area contributed by atoms with E-state index >= 15 is 0 Å². The summed E-state index contributed by atoms with van der Waals surface area (Å²) in [4.78, 5) is 16.3. The fourth-order valence-corrected chi connectivity index (χ4v) is 3.63. The molecule has 0 bridgehead atoms. The summed E-state index contributed by atoms with van der Waals surface area (Å²) in [5, 5.41) is 6.93. The first-order chi connectivity index (χ1) is 13.9. The molecule has 0 unspecified atom stereocenters. The summed E-state index contributed by atoms with van der Waals surface area (Å²) >= 11 is 0. The first-order valence-electron chi connectivity index (χ1n) is 9.92. The van der Waals surface area contributed by atoms with Gasteiger partial charge in [-0.05, 0) is 37.8 Å². The van der Waals surface area contributed by atoms with Crippen LogP contribution in [0.1, 0.15) is 50.2 Å². The Kier molecular flexibility index (Phi) is 8.69. The number of halogens is 3. The largest absolute Gasteiger partial charge is 0.377 e. The molecule has 1 aliphatic carbocycles. The molecule has 0 aliphatic heterocycles. The van der Waals surface area contributed by atoms with Gasteiger partial charge in [0.1, 0.15) is 5.82 Å². The van der Waals surface area contributed by atoms with E-state index in [1.165, 1.54) is 17.8 Å². The lowest BCUT2D eigenvalue weighted by molar-refractivity contribution is -0.120. The normalized spacial score (nSPS) is 21.2. The van der Waals surface area contributed by atoms with Crippen molar-refractivity contribution in [1.29, 1.82) is 0 Å². The lowest BCUT2D eigenvalue weighted by Crippen LogP contribution is -2.42. The van der Waals surface area contributed by atoms with Gasteiger partial charge in [0.05, 0.1) is 18.2 Å². The third kappa shape index (κ3) is 5.53. The van der Waals surface area contributed by atoms with Crippen LogP contribution in [0.4, 0.5) is 8.78 Å². The predicted molar refractivity (Wildman–Crippen MR) is 111 cm³/mol. The number of nitrogens with one attached hydrogen (secondary N) is 1. The molecule has 166 valence electrons. The molecule has 2 aromatic rings. The van der Waals surface area contributed by atoms with E-state index in [2.05, 4.69) is 22.3 Å². The van der Waals surface area contributed by atoms with Crippen molar-refractivity contribution in [2.75, 3.05) is 13.7 Å². The summed E-state index contributed by atoms with van der Waals surface area (Å²) in [6, 6.07) is 3.41. The fraction of sp³-hybridized carbons (Fsp3) is 0.550. The highest BCUT2D eigenvalue weighted by atomic mass is 35.5. The van der Waals surface area contributed by atoms with E-state index in [1.54, 1.807) is 0 Å². The second-order valence-corrected chi connectivity index (χ2v) is 7.33. The van der Waals surface area contributed by atoms with Gasteiger partial charge in [-0.15, -0.1) is 12.4 Å². The molecule has 7 nitrogen and oxygen atoms in total. The first-order valence-corrected chi connectivity index (χ1v) is 9.92. The minimum absolute atomic E-state index is 0. The summed E-state index contributed by atoms with van der Waals surface area (Å²) in [5.41, 5.74) is 6.69. The number of ether oxygens (including phenoxy) is 1. The van der Waals surface area contributed by atoms with Crippen LogP contribution >= 0.6 is 12.4 Å². The highest BCUT2D eigenvalue weighted by Crippen LogP contribution is 2.34. The standard InChI is InChI=1S/C20H27F2N5O2.ClH/c1-3-8-29-17-7-4-12(9-16(17)23)20-25-18(11-19(28)24-2)26-27(20)13-5-6-14(21)15(22)10-13;/h5-6,10,12,16-17H,3-4,7-9,11,23H2,1-2H3,(H,24,28);1H/t12-,16+,17+;/m0./s1. The number of rotatable bonds is 7. The number of carbonyl (C=O) groups is 1. The molecule has 3 atom stereocenters. The van der Waals surface area contributed by atoms with Gasteiger partial charge in [-0.2, -0.15) is 5.10 Å². The van der Waals surface area contributed by atoms with E-state index in [-0.39, 0.29) is 42.8 Å². The molecule has 3 rings (SSSR count). The zero-order valence-electron chi connectivity index (χ0n) is 17.1. The van der Waals surface area contributed by atoms with Crippen LogP contribution in [-0.4, -0.2) is 46.5 Å². The third-order valence-electron chi connectivity index (χ3n) is 5.16. The van der Waals surface area contributed by atoms with Gasteiger partial charge in [-0.25, -0.2) is 18.4 Å². The Morgan fingerprint density at radius 3 is 2.73 bits per heavy atom. The number of nitrogens with zero attached hydrogens (tertiary/aromatic N) is 3. The van der Waals surface area contributed by atoms with E-state index in [1.807, 2.05) is 0 Å². The van der Waals surface area contributed by atoms with E-state index in [9.17, 15) is 13.6 Å². The van der Waals surface area contributed by atoms with E-state index in [0.29, 0.717) is 30.4 Å². The SMILES string of the molecule is CCCO[C@@H]1CC[C@H](c2nc(CC(=O)NC)nn2-c2ccc(F)c(F)c2)C[C@H]1N.Cl. The maximum absolute atomic E-state index is 13.8. The van der Waals surface area contributed by atoms with Crippen molar-refractivity contribution in [2.24, 2.45) is 5.73 Å². The molecule has 1 heterocycles. The molecule has 0 spiro atoms. The molecule has 1 fully saturated rings. The van der Waals surface area contributed by atoms with Gasteiger partial charge in [0, 0.05) is 31.7 Å². The summed E-state index contributed by atoms with van der Waals surface area (Å²) in [5.74, 6) is -1.24. The van der Waals surface area contributed by atoms with Gasteiger partial charge in [-0.3, -0.25) is 4.79 Å². The maximum atomic E-state index is 13.8. The Hall–Kier alpha value is -2.10. The molecule has 1 aromatic carbocycles. The Balaban J connectivity index is 0.00000320. The Bertz CT molecular complexity index is 864. The summed E-state index contributed by atoms with van der Waals surface area (Å²) < 4.78 is 34.5. The number of aromatic nitrogens is 3. The molecule has 30 heavy (non-hydrogen) atoms. The summed E-state index contributed by atoms with van der Waals surface area (Å²) in [6.07, 6.45) is 3.12. The smallest absolute Gasteiger partial charge is 0.227 e. The van der Waals surface area contributed by atoms with Crippen LogP contribution in [0.25, 0.3) is 5.69 Å².